The Morgan fingerprint density at radius 3 is 2.50 bits per heavy atom. The van der Waals surface area contributed by atoms with Gasteiger partial charge in [0, 0.05) is 10.1 Å². The van der Waals surface area contributed by atoms with E-state index in [9.17, 15) is 22.4 Å². The van der Waals surface area contributed by atoms with Crippen molar-refractivity contribution in [3.63, 3.8) is 0 Å². The quantitative estimate of drug-likeness (QED) is 0.551. The van der Waals surface area contributed by atoms with Gasteiger partial charge in [-0.1, -0.05) is 29.8 Å². The van der Waals surface area contributed by atoms with Crippen molar-refractivity contribution in [1.29, 1.82) is 0 Å². The number of fused-ring (bicyclic) bond motifs is 1. The second-order valence-electron chi connectivity index (χ2n) is 4.89. The van der Waals surface area contributed by atoms with Crippen LogP contribution in [0.25, 0.3) is 10.1 Å². The molecule has 0 aliphatic carbocycles. The van der Waals surface area contributed by atoms with E-state index in [0.717, 1.165) is 16.0 Å². The van der Waals surface area contributed by atoms with Crippen LogP contribution in [-0.4, -0.2) is 5.91 Å². The molecule has 0 aliphatic heterocycles. The van der Waals surface area contributed by atoms with Crippen molar-refractivity contribution in [1.82, 2.24) is 0 Å². The summed E-state index contributed by atoms with van der Waals surface area (Å²) in [4.78, 5) is 12.4. The molecule has 2 nitrogen and oxygen atoms in total. The zero-order valence-electron chi connectivity index (χ0n) is 11.7. The second-order valence-corrected chi connectivity index (χ2v) is 6.32. The molecule has 0 bridgehead atoms. The predicted molar refractivity (Wildman–Crippen MR) is 86.2 cm³/mol. The third-order valence-electron chi connectivity index (χ3n) is 3.28. The lowest BCUT2D eigenvalue weighted by atomic mass is 10.2. The van der Waals surface area contributed by atoms with Gasteiger partial charge in [-0.15, -0.1) is 11.3 Å². The average Bonchev–Trinajstić information content (AvgIpc) is 2.86. The summed E-state index contributed by atoms with van der Waals surface area (Å²) >= 11 is 7.22. The van der Waals surface area contributed by atoms with Crippen molar-refractivity contribution >= 4 is 44.6 Å². The summed E-state index contributed by atoms with van der Waals surface area (Å²) in [6.45, 7) is 0. The van der Waals surface area contributed by atoms with Gasteiger partial charge in [-0.05, 0) is 24.3 Å². The molecule has 0 spiro atoms. The van der Waals surface area contributed by atoms with E-state index in [2.05, 4.69) is 5.32 Å². The molecule has 0 radical (unpaired) electrons. The molecule has 0 saturated heterocycles. The molecule has 0 atom stereocenters. The van der Waals surface area contributed by atoms with Gasteiger partial charge in [0.05, 0.1) is 16.3 Å². The van der Waals surface area contributed by atoms with Crippen molar-refractivity contribution in [2.45, 2.75) is 6.18 Å². The van der Waals surface area contributed by atoms with Crippen LogP contribution in [0, 0.1) is 5.82 Å². The molecule has 1 amide bonds. The molecule has 8 heteroatoms. The molecular formula is C16H8ClF4NOS. The second kappa shape index (κ2) is 6.07. The van der Waals surface area contributed by atoms with Crippen LogP contribution in [0.5, 0.6) is 0 Å². The molecular weight excluding hydrogens is 366 g/mol. The summed E-state index contributed by atoms with van der Waals surface area (Å²) in [7, 11) is 0. The lowest BCUT2D eigenvalue weighted by molar-refractivity contribution is -0.137. The third-order valence-corrected chi connectivity index (χ3v) is 4.96. The Bertz CT molecular complexity index is 935. The summed E-state index contributed by atoms with van der Waals surface area (Å²) in [6.07, 6.45) is -4.64. The zero-order valence-corrected chi connectivity index (χ0v) is 13.3. The molecule has 1 heterocycles. The van der Waals surface area contributed by atoms with Crippen LogP contribution in [0.2, 0.25) is 5.02 Å². The zero-order chi connectivity index (χ0) is 17.5. The molecule has 24 heavy (non-hydrogen) atoms. The first-order valence-corrected chi connectivity index (χ1v) is 7.82. The smallest absolute Gasteiger partial charge is 0.319 e. The van der Waals surface area contributed by atoms with E-state index >= 15 is 0 Å². The fourth-order valence-electron chi connectivity index (χ4n) is 2.14. The van der Waals surface area contributed by atoms with Crippen LogP contribution in [-0.2, 0) is 6.18 Å². The highest BCUT2D eigenvalue weighted by Gasteiger charge is 2.31. The molecule has 3 rings (SSSR count). The number of amides is 1. The van der Waals surface area contributed by atoms with Gasteiger partial charge in [-0.3, -0.25) is 4.79 Å². The number of benzene rings is 2. The molecule has 124 valence electrons. The Balaban J connectivity index is 1.96. The Kier molecular flexibility index (Phi) is 4.23. The number of anilines is 1. The largest absolute Gasteiger partial charge is 0.416 e. The van der Waals surface area contributed by atoms with Crippen molar-refractivity contribution < 1.29 is 22.4 Å². The molecule has 1 N–H and O–H groups in total. The van der Waals surface area contributed by atoms with Crippen molar-refractivity contribution in [2.75, 3.05) is 5.32 Å². The maximum Gasteiger partial charge on any atom is 0.416 e. The first-order valence-electron chi connectivity index (χ1n) is 6.62. The maximum atomic E-state index is 13.7. The van der Waals surface area contributed by atoms with E-state index in [1.807, 2.05) is 0 Å². The highest BCUT2D eigenvalue weighted by atomic mass is 35.5. The van der Waals surface area contributed by atoms with E-state index < -0.39 is 29.2 Å². The van der Waals surface area contributed by atoms with E-state index in [1.54, 1.807) is 24.3 Å². The topological polar surface area (TPSA) is 29.1 Å². The van der Waals surface area contributed by atoms with Gasteiger partial charge < -0.3 is 5.32 Å². The van der Waals surface area contributed by atoms with Crippen molar-refractivity contribution in [3.8, 4) is 0 Å². The number of thiophene rings is 1. The lowest BCUT2D eigenvalue weighted by Gasteiger charge is -2.10. The van der Waals surface area contributed by atoms with E-state index in [1.165, 1.54) is 0 Å². The monoisotopic (exact) mass is 373 g/mol. The summed E-state index contributed by atoms with van der Waals surface area (Å²) in [5.74, 6) is -1.73. The molecule has 0 saturated carbocycles. The fraction of sp³-hybridized carbons (Fsp3) is 0.0625. The Hall–Kier alpha value is -2.12. The van der Waals surface area contributed by atoms with Crippen LogP contribution in [0.15, 0.2) is 42.5 Å². The van der Waals surface area contributed by atoms with Crippen LogP contribution in [0.4, 0.5) is 23.2 Å². The van der Waals surface area contributed by atoms with E-state index in [-0.39, 0.29) is 9.90 Å². The summed E-state index contributed by atoms with van der Waals surface area (Å²) in [5.41, 5.74) is -1.61. The maximum absolute atomic E-state index is 13.7. The predicted octanol–water partition coefficient (Wildman–Crippen LogP) is 5.96. The molecule has 0 fully saturated rings. The minimum atomic E-state index is -4.64. The number of hydrogen-bond donors (Lipinski definition) is 1. The van der Waals surface area contributed by atoms with Crippen molar-refractivity contribution in [2.24, 2.45) is 0 Å². The Morgan fingerprint density at radius 1 is 1.12 bits per heavy atom. The van der Waals surface area contributed by atoms with Gasteiger partial charge in [0.1, 0.15) is 10.7 Å². The molecule has 0 unspecified atom stereocenters. The standard InChI is InChI=1S/C16H8ClF4NOS/c17-13-9-3-1-2-4-12(9)24-14(13)15(23)22-11-7-8(16(19,20)21)5-6-10(11)18/h1-7H,(H,22,23). The summed E-state index contributed by atoms with van der Waals surface area (Å²) in [5, 5.41) is 2.99. The average molecular weight is 374 g/mol. The molecule has 0 aliphatic rings. The highest BCUT2D eigenvalue weighted by Crippen LogP contribution is 2.36. The van der Waals surface area contributed by atoms with Gasteiger partial charge in [-0.2, -0.15) is 13.2 Å². The number of carbonyl (C=O) groups excluding carboxylic acids is 1. The Morgan fingerprint density at radius 2 is 1.83 bits per heavy atom. The number of nitrogens with one attached hydrogen (secondary N) is 1. The summed E-state index contributed by atoms with van der Waals surface area (Å²) in [6, 6.07) is 8.80. The highest BCUT2D eigenvalue weighted by molar-refractivity contribution is 7.21. The van der Waals surface area contributed by atoms with Crippen LogP contribution < -0.4 is 5.32 Å². The minimum Gasteiger partial charge on any atom is -0.319 e. The van der Waals surface area contributed by atoms with Gasteiger partial charge in [-0.25, -0.2) is 4.39 Å². The van der Waals surface area contributed by atoms with Gasteiger partial charge in [0.15, 0.2) is 0 Å². The van der Waals surface area contributed by atoms with Gasteiger partial charge >= 0.3 is 6.18 Å². The van der Waals surface area contributed by atoms with Crippen LogP contribution in [0.3, 0.4) is 0 Å². The first-order chi connectivity index (χ1) is 11.3. The molecule has 3 aromatic rings. The number of carbonyl (C=O) groups is 1. The van der Waals surface area contributed by atoms with E-state index in [0.29, 0.717) is 23.6 Å². The third kappa shape index (κ3) is 3.09. The minimum absolute atomic E-state index is 0.106. The number of halogens is 5. The lowest BCUT2D eigenvalue weighted by Crippen LogP contribution is -2.13. The Labute approximate surface area is 142 Å². The van der Waals surface area contributed by atoms with Crippen LogP contribution >= 0.6 is 22.9 Å². The summed E-state index contributed by atoms with van der Waals surface area (Å²) < 4.78 is 52.6. The normalized spacial score (nSPS) is 11.7. The van der Waals surface area contributed by atoms with Crippen molar-refractivity contribution in [3.05, 3.63) is 63.7 Å². The van der Waals surface area contributed by atoms with Gasteiger partial charge in [0.25, 0.3) is 5.91 Å². The van der Waals surface area contributed by atoms with Gasteiger partial charge in [0.2, 0.25) is 0 Å². The first kappa shape index (κ1) is 16.7. The van der Waals surface area contributed by atoms with Crippen LogP contribution in [0.1, 0.15) is 15.2 Å². The number of alkyl halides is 3. The number of hydrogen-bond acceptors (Lipinski definition) is 2. The molecule has 1 aromatic heterocycles. The SMILES string of the molecule is O=C(Nc1cc(C(F)(F)F)ccc1F)c1sc2ccccc2c1Cl. The van der Waals surface area contributed by atoms with E-state index in [4.69, 9.17) is 11.6 Å². The fourth-order valence-corrected chi connectivity index (χ4v) is 3.55. The molecule has 2 aromatic carbocycles. The number of rotatable bonds is 2.